The van der Waals surface area contributed by atoms with Crippen LogP contribution in [0.15, 0.2) is 0 Å². The topological polar surface area (TPSA) is 83.7 Å². The molecule has 104 valence electrons. The molecule has 3 saturated heterocycles. The molecule has 3 aliphatic rings. The Labute approximate surface area is 115 Å². The Morgan fingerprint density at radius 2 is 2.21 bits per heavy atom. The van der Waals surface area contributed by atoms with Gasteiger partial charge in [-0.3, -0.25) is 14.4 Å². The molecule has 3 rings (SSSR count). The predicted molar refractivity (Wildman–Crippen MR) is 70.3 cm³/mol. The quantitative estimate of drug-likeness (QED) is 0.671. The monoisotopic (exact) mass is 283 g/mol. The number of primary amides is 1. The highest BCUT2D eigenvalue weighted by molar-refractivity contribution is 8.00. The van der Waals surface area contributed by atoms with Crippen LogP contribution in [-0.4, -0.2) is 63.7 Å². The van der Waals surface area contributed by atoms with Crippen LogP contribution < -0.4 is 5.73 Å². The van der Waals surface area contributed by atoms with E-state index in [0.717, 1.165) is 18.6 Å². The summed E-state index contributed by atoms with van der Waals surface area (Å²) < 4.78 is 0. The van der Waals surface area contributed by atoms with Crippen molar-refractivity contribution in [2.75, 3.05) is 12.3 Å². The average molecular weight is 283 g/mol. The Hall–Kier alpha value is -1.24. The first-order chi connectivity index (χ1) is 9.11. The van der Waals surface area contributed by atoms with Gasteiger partial charge in [-0.2, -0.15) is 11.8 Å². The van der Waals surface area contributed by atoms with Gasteiger partial charge < -0.3 is 15.5 Å². The van der Waals surface area contributed by atoms with E-state index in [4.69, 9.17) is 5.73 Å². The van der Waals surface area contributed by atoms with E-state index in [9.17, 15) is 14.4 Å². The van der Waals surface area contributed by atoms with Gasteiger partial charge in [-0.05, 0) is 19.3 Å². The second-order valence-electron chi connectivity index (χ2n) is 5.40. The first-order valence-electron chi connectivity index (χ1n) is 6.56. The first-order valence-corrected chi connectivity index (χ1v) is 7.61. The first kappa shape index (κ1) is 12.8. The lowest BCUT2D eigenvalue weighted by Crippen LogP contribution is -2.54. The Balaban J connectivity index is 1.90. The summed E-state index contributed by atoms with van der Waals surface area (Å²) in [6, 6.07) is -0.812. The van der Waals surface area contributed by atoms with Crippen molar-refractivity contribution in [2.45, 2.75) is 42.6 Å². The number of fused-ring (bicyclic) bond motifs is 3. The van der Waals surface area contributed by atoms with Crippen LogP contribution in [0.1, 0.15) is 19.3 Å². The van der Waals surface area contributed by atoms with E-state index in [-0.39, 0.29) is 11.9 Å². The van der Waals surface area contributed by atoms with Crippen molar-refractivity contribution in [2.24, 2.45) is 5.73 Å². The molecule has 0 aromatic rings. The number of nitrogens with zero attached hydrogens (tertiary/aromatic N) is 2. The van der Waals surface area contributed by atoms with E-state index < -0.39 is 18.0 Å². The molecule has 3 aliphatic heterocycles. The third-order valence-electron chi connectivity index (χ3n) is 4.33. The Morgan fingerprint density at radius 3 is 2.89 bits per heavy atom. The summed E-state index contributed by atoms with van der Waals surface area (Å²) in [7, 11) is 0. The maximum atomic E-state index is 12.6. The lowest BCUT2D eigenvalue weighted by atomic mass is 10.1. The Kier molecular flexibility index (Phi) is 3.16. The highest BCUT2D eigenvalue weighted by atomic mass is 32.2. The molecule has 0 spiro atoms. The van der Waals surface area contributed by atoms with Crippen molar-refractivity contribution < 1.29 is 14.4 Å². The summed E-state index contributed by atoms with van der Waals surface area (Å²) in [4.78, 5) is 38.4. The maximum absolute atomic E-state index is 12.6. The van der Waals surface area contributed by atoms with Gasteiger partial charge in [0.15, 0.2) is 0 Å². The molecule has 0 aliphatic carbocycles. The number of hydrogen-bond acceptors (Lipinski definition) is 4. The van der Waals surface area contributed by atoms with Crippen LogP contribution in [0.3, 0.4) is 0 Å². The van der Waals surface area contributed by atoms with Crippen molar-refractivity contribution in [3.63, 3.8) is 0 Å². The second kappa shape index (κ2) is 4.70. The number of likely N-dealkylation sites (tertiary alicyclic amines) is 1. The summed E-state index contributed by atoms with van der Waals surface area (Å²) >= 11 is 1.80. The molecule has 2 N–H and O–H groups in total. The number of rotatable bonds is 2. The van der Waals surface area contributed by atoms with Crippen LogP contribution in [-0.2, 0) is 14.4 Å². The fourth-order valence-electron chi connectivity index (χ4n) is 3.38. The van der Waals surface area contributed by atoms with E-state index in [0.29, 0.717) is 24.6 Å². The van der Waals surface area contributed by atoms with E-state index in [2.05, 4.69) is 0 Å². The minimum atomic E-state index is -0.497. The molecular weight excluding hydrogens is 266 g/mol. The van der Waals surface area contributed by atoms with Gasteiger partial charge in [0.05, 0.1) is 0 Å². The number of amides is 3. The van der Waals surface area contributed by atoms with Crippen molar-refractivity contribution in [3.8, 4) is 0 Å². The minimum absolute atomic E-state index is 0.0897. The molecule has 3 fully saturated rings. The molecule has 6 nitrogen and oxygen atoms in total. The van der Waals surface area contributed by atoms with E-state index in [1.54, 1.807) is 21.6 Å². The maximum Gasteiger partial charge on any atom is 0.246 e. The number of carbonyl (C=O) groups is 3. The van der Waals surface area contributed by atoms with Crippen molar-refractivity contribution in [1.29, 1.82) is 0 Å². The smallest absolute Gasteiger partial charge is 0.246 e. The zero-order valence-electron chi connectivity index (χ0n) is 10.5. The number of nitrogens with two attached hydrogens (primary N) is 1. The van der Waals surface area contributed by atoms with Crippen LogP contribution in [0.2, 0.25) is 0 Å². The minimum Gasteiger partial charge on any atom is -0.368 e. The molecule has 0 radical (unpaired) electrons. The highest BCUT2D eigenvalue weighted by Gasteiger charge is 2.48. The Morgan fingerprint density at radius 1 is 1.42 bits per heavy atom. The van der Waals surface area contributed by atoms with Crippen LogP contribution in [0.25, 0.3) is 0 Å². The van der Waals surface area contributed by atoms with Crippen LogP contribution in [0.5, 0.6) is 0 Å². The molecule has 0 aromatic carbocycles. The molecule has 7 heteroatoms. The van der Waals surface area contributed by atoms with E-state index in [1.807, 2.05) is 0 Å². The van der Waals surface area contributed by atoms with Gasteiger partial charge in [-0.15, -0.1) is 0 Å². The largest absolute Gasteiger partial charge is 0.368 e. The molecule has 19 heavy (non-hydrogen) atoms. The molecule has 3 heterocycles. The molecular formula is C12H17N3O3S. The zero-order valence-corrected chi connectivity index (χ0v) is 11.3. The number of thioether (sulfide) groups is 1. The summed E-state index contributed by atoms with van der Waals surface area (Å²) in [5, 5.41) is 0.342. The summed E-state index contributed by atoms with van der Waals surface area (Å²) in [5.74, 6) is 0.300. The lowest BCUT2D eigenvalue weighted by molar-refractivity contribution is -0.144. The Bertz CT molecular complexity index is 430. The van der Waals surface area contributed by atoms with Gasteiger partial charge in [0.25, 0.3) is 0 Å². The van der Waals surface area contributed by atoms with Gasteiger partial charge in [-0.1, -0.05) is 0 Å². The van der Waals surface area contributed by atoms with Crippen molar-refractivity contribution in [3.05, 3.63) is 0 Å². The molecule has 3 amide bonds. The van der Waals surface area contributed by atoms with Gasteiger partial charge in [0, 0.05) is 23.6 Å². The average Bonchev–Trinajstić information content (AvgIpc) is 2.98. The molecule has 0 saturated carbocycles. The highest BCUT2D eigenvalue weighted by Crippen LogP contribution is 2.37. The standard InChI is InChI=1S/C12H17N3O3S/c13-11(17)9-2-1-7-5-19-8-3-10(12(18)15(7)9)14(4-8)6-16/h6-10H,1-5H2,(H2,13,17)/t7?,8-,9+,10-/m1/s1. The van der Waals surface area contributed by atoms with E-state index in [1.165, 1.54) is 0 Å². The predicted octanol–water partition coefficient (Wildman–Crippen LogP) is -0.823. The van der Waals surface area contributed by atoms with Crippen LogP contribution in [0.4, 0.5) is 0 Å². The van der Waals surface area contributed by atoms with Gasteiger partial charge in [0.2, 0.25) is 18.2 Å². The van der Waals surface area contributed by atoms with Crippen LogP contribution in [0, 0.1) is 0 Å². The van der Waals surface area contributed by atoms with Gasteiger partial charge >= 0.3 is 0 Å². The summed E-state index contributed by atoms with van der Waals surface area (Å²) in [6.45, 7) is 0.631. The van der Waals surface area contributed by atoms with Crippen molar-refractivity contribution >= 4 is 30.0 Å². The summed E-state index contributed by atoms with van der Waals surface area (Å²) in [5.41, 5.74) is 5.40. The van der Waals surface area contributed by atoms with E-state index >= 15 is 0 Å². The molecule has 1 unspecified atom stereocenters. The lowest BCUT2D eigenvalue weighted by Gasteiger charge is -2.33. The van der Waals surface area contributed by atoms with Crippen LogP contribution >= 0.6 is 11.8 Å². The normalized spacial score (nSPS) is 37.8. The zero-order chi connectivity index (χ0) is 13.6. The van der Waals surface area contributed by atoms with Crippen molar-refractivity contribution in [1.82, 2.24) is 9.80 Å². The fourth-order valence-corrected chi connectivity index (χ4v) is 4.80. The fraction of sp³-hybridized carbons (Fsp3) is 0.750. The molecule has 4 atom stereocenters. The SMILES string of the molecule is NC(=O)[C@@H]1CCC2CS[C@@H]3C[C@H](C(=O)N21)N(C=O)C3. The summed E-state index contributed by atoms with van der Waals surface area (Å²) in [6.07, 6.45) is 2.91. The number of carbonyl (C=O) groups excluding carboxylic acids is 3. The third kappa shape index (κ3) is 2.00. The molecule has 0 aromatic heterocycles. The number of hydrogen-bond donors (Lipinski definition) is 1. The van der Waals surface area contributed by atoms with Gasteiger partial charge in [0.1, 0.15) is 12.1 Å². The second-order valence-corrected chi connectivity index (χ2v) is 6.74. The third-order valence-corrected chi connectivity index (χ3v) is 5.72. The van der Waals surface area contributed by atoms with Gasteiger partial charge in [-0.25, -0.2) is 0 Å². The molecule has 2 bridgehead atoms.